The molecular formula is C12H24N2. The Labute approximate surface area is 88.1 Å². The number of nitrogens with zero attached hydrogens (tertiary/aromatic N) is 1. The third kappa shape index (κ3) is 2.48. The average molecular weight is 196 g/mol. The second kappa shape index (κ2) is 4.63. The number of hydrogen-bond acceptors (Lipinski definition) is 2. The Morgan fingerprint density at radius 3 is 2.79 bits per heavy atom. The smallest absolute Gasteiger partial charge is 0.0167 e. The van der Waals surface area contributed by atoms with Crippen LogP contribution < -0.4 is 5.32 Å². The van der Waals surface area contributed by atoms with Gasteiger partial charge in [0.25, 0.3) is 0 Å². The average Bonchev–Trinajstić information content (AvgIpc) is 1.99. The van der Waals surface area contributed by atoms with Crippen molar-refractivity contribution < 1.29 is 0 Å². The first-order chi connectivity index (χ1) is 6.75. The molecule has 0 bridgehead atoms. The van der Waals surface area contributed by atoms with Gasteiger partial charge in [0.2, 0.25) is 0 Å². The van der Waals surface area contributed by atoms with Gasteiger partial charge in [-0.3, -0.25) is 0 Å². The van der Waals surface area contributed by atoms with Gasteiger partial charge in [0.15, 0.2) is 0 Å². The van der Waals surface area contributed by atoms with E-state index in [4.69, 9.17) is 0 Å². The molecule has 2 heteroatoms. The van der Waals surface area contributed by atoms with Gasteiger partial charge in [-0.1, -0.05) is 26.2 Å². The minimum atomic E-state index is 0.692. The Hall–Kier alpha value is -0.0800. The van der Waals surface area contributed by atoms with Gasteiger partial charge >= 0.3 is 0 Å². The predicted octanol–water partition coefficient (Wildman–Crippen LogP) is 1.72. The van der Waals surface area contributed by atoms with Crippen molar-refractivity contribution in [1.82, 2.24) is 10.2 Å². The van der Waals surface area contributed by atoms with Crippen LogP contribution in [0.1, 0.15) is 33.1 Å². The largest absolute Gasteiger partial charge is 0.312 e. The summed E-state index contributed by atoms with van der Waals surface area (Å²) >= 11 is 0. The lowest BCUT2D eigenvalue weighted by molar-refractivity contribution is 0.128. The van der Waals surface area contributed by atoms with Crippen molar-refractivity contribution in [1.29, 1.82) is 0 Å². The maximum Gasteiger partial charge on any atom is 0.0167 e. The first-order valence-corrected chi connectivity index (χ1v) is 6.21. The highest BCUT2D eigenvalue weighted by Gasteiger charge is 2.26. The lowest BCUT2D eigenvalue weighted by atomic mass is 9.76. The van der Waals surface area contributed by atoms with E-state index in [1.807, 2.05) is 0 Å². The topological polar surface area (TPSA) is 15.3 Å². The van der Waals surface area contributed by atoms with Crippen LogP contribution >= 0.6 is 0 Å². The van der Waals surface area contributed by atoms with E-state index in [2.05, 4.69) is 24.1 Å². The van der Waals surface area contributed by atoms with Crippen molar-refractivity contribution in [3.05, 3.63) is 0 Å². The molecule has 2 nitrogen and oxygen atoms in total. The molecule has 1 aliphatic heterocycles. The van der Waals surface area contributed by atoms with Crippen molar-refractivity contribution in [3.63, 3.8) is 0 Å². The molecule has 2 fully saturated rings. The fourth-order valence-electron chi connectivity index (χ4n) is 2.74. The fourth-order valence-corrected chi connectivity index (χ4v) is 2.74. The summed E-state index contributed by atoms with van der Waals surface area (Å²) in [5, 5.41) is 3.50. The third-order valence-corrected chi connectivity index (χ3v) is 3.95. The van der Waals surface area contributed by atoms with Crippen LogP contribution in [-0.4, -0.2) is 37.1 Å². The van der Waals surface area contributed by atoms with E-state index in [0.717, 1.165) is 11.8 Å². The number of rotatable bonds is 3. The van der Waals surface area contributed by atoms with Crippen LogP contribution in [0.3, 0.4) is 0 Å². The van der Waals surface area contributed by atoms with Gasteiger partial charge in [0.1, 0.15) is 0 Å². The number of hydrogen-bond donors (Lipinski definition) is 1. The number of piperazine rings is 1. The normalized spacial score (nSPS) is 32.6. The molecule has 0 radical (unpaired) electrons. The lowest BCUT2D eigenvalue weighted by Crippen LogP contribution is -2.50. The van der Waals surface area contributed by atoms with Crippen LogP contribution in [0.5, 0.6) is 0 Å². The Morgan fingerprint density at radius 2 is 2.21 bits per heavy atom. The Morgan fingerprint density at radius 1 is 1.43 bits per heavy atom. The van der Waals surface area contributed by atoms with Crippen LogP contribution in [0.25, 0.3) is 0 Å². The molecule has 0 aromatic heterocycles. The summed E-state index contributed by atoms with van der Waals surface area (Å²) in [6, 6.07) is 0.692. The molecule has 1 saturated carbocycles. The van der Waals surface area contributed by atoms with Crippen molar-refractivity contribution in [3.8, 4) is 0 Å². The van der Waals surface area contributed by atoms with Crippen molar-refractivity contribution >= 4 is 0 Å². The van der Waals surface area contributed by atoms with Crippen LogP contribution in [0.15, 0.2) is 0 Å². The molecule has 2 atom stereocenters. The standard InChI is InChI=1S/C12H24N2/c1-10(12-4-3-5-12)8-14-7-6-13-11(2)9-14/h10-13H,3-9H2,1-2H3. The Balaban J connectivity index is 1.72. The second-order valence-corrected chi connectivity index (χ2v) is 5.28. The van der Waals surface area contributed by atoms with Gasteiger partial charge in [-0.2, -0.15) is 0 Å². The molecule has 0 spiro atoms. The third-order valence-electron chi connectivity index (χ3n) is 3.95. The molecular weight excluding hydrogens is 172 g/mol. The first-order valence-electron chi connectivity index (χ1n) is 6.21. The molecule has 0 amide bonds. The van der Waals surface area contributed by atoms with Gasteiger partial charge in [-0.25, -0.2) is 0 Å². The SMILES string of the molecule is CC1CN(CC(C)C2CCC2)CCN1. The van der Waals surface area contributed by atoms with E-state index < -0.39 is 0 Å². The minimum absolute atomic E-state index is 0.692. The summed E-state index contributed by atoms with van der Waals surface area (Å²) in [5.74, 6) is 1.97. The van der Waals surface area contributed by atoms with Crippen LogP contribution in [0.2, 0.25) is 0 Å². The fraction of sp³-hybridized carbons (Fsp3) is 1.00. The molecule has 2 unspecified atom stereocenters. The second-order valence-electron chi connectivity index (χ2n) is 5.28. The van der Waals surface area contributed by atoms with E-state index >= 15 is 0 Å². The van der Waals surface area contributed by atoms with Crippen molar-refractivity contribution in [2.45, 2.75) is 39.2 Å². The molecule has 1 saturated heterocycles. The molecule has 1 N–H and O–H groups in total. The highest BCUT2D eigenvalue weighted by atomic mass is 15.2. The summed E-state index contributed by atoms with van der Waals surface area (Å²) in [4.78, 5) is 2.64. The Bertz CT molecular complexity index is 177. The van der Waals surface area contributed by atoms with Crippen LogP contribution in [0.4, 0.5) is 0 Å². The van der Waals surface area contributed by atoms with E-state index in [0.29, 0.717) is 6.04 Å². The quantitative estimate of drug-likeness (QED) is 0.739. The molecule has 2 aliphatic rings. The minimum Gasteiger partial charge on any atom is -0.312 e. The molecule has 1 heterocycles. The van der Waals surface area contributed by atoms with Crippen LogP contribution in [-0.2, 0) is 0 Å². The van der Waals surface area contributed by atoms with E-state index in [-0.39, 0.29) is 0 Å². The zero-order valence-corrected chi connectivity index (χ0v) is 9.63. The van der Waals surface area contributed by atoms with E-state index in [1.165, 1.54) is 45.4 Å². The monoisotopic (exact) mass is 196 g/mol. The van der Waals surface area contributed by atoms with Gasteiger partial charge in [-0.05, 0) is 18.8 Å². The van der Waals surface area contributed by atoms with E-state index in [9.17, 15) is 0 Å². The first kappa shape index (κ1) is 10.4. The summed E-state index contributed by atoms with van der Waals surface area (Å²) in [6.07, 6.45) is 4.46. The summed E-state index contributed by atoms with van der Waals surface area (Å²) in [5.41, 5.74) is 0. The summed E-state index contributed by atoms with van der Waals surface area (Å²) in [6.45, 7) is 9.74. The van der Waals surface area contributed by atoms with Gasteiger partial charge < -0.3 is 10.2 Å². The molecule has 0 aromatic rings. The summed E-state index contributed by atoms with van der Waals surface area (Å²) < 4.78 is 0. The van der Waals surface area contributed by atoms with Gasteiger partial charge in [0, 0.05) is 32.2 Å². The van der Waals surface area contributed by atoms with E-state index in [1.54, 1.807) is 0 Å². The zero-order valence-electron chi connectivity index (χ0n) is 9.63. The predicted molar refractivity (Wildman–Crippen MR) is 60.4 cm³/mol. The lowest BCUT2D eigenvalue weighted by Gasteiger charge is -2.38. The highest BCUT2D eigenvalue weighted by Crippen LogP contribution is 2.33. The van der Waals surface area contributed by atoms with Crippen molar-refractivity contribution in [2.75, 3.05) is 26.2 Å². The molecule has 2 rings (SSSR count). The maximum absolute atomic E-state index is 3.50. The zero-order chi connectivity index (χ0) is 9.97. The molecule has 14 heavy (non-hydrogen) atoms. The Kier molecular flexibility index (Phi) is 3.45. The number of nitrogens with one attached hydrogen (secondary N) is 1. The van der Waals surface area contributed by atoms with Crippen molar-refractivity contribution in [2.24, 2.45) is 11.8 Å². The highest BCUT2D eigenvalue weighted by molar-refractivity contribution is 4.81. The summed E-state index contributed by atoms with van der Waals surface area (Å²) in [7, 11) is 0. The van der Waals surface area contributed by atoms with Gasteiger partial charge in [-0.15, -0.1) is 0 Å². The molecule has 0 aromatic carbocycles. The van der Waals surface area contributed by atoms with Gasteiger partial charge in [0.05, 0.1) is 0 Å². The van der Waals surface area contributed by atoms with Crippen LogP contribution in [0, 0.1) is 11.8 Å². The maximum atomic E-state index is 3.50. The molecule has 82 valence electrons. The molecule has 1 aliphatic carbocycles.